The van der Waals surface area contributed by atoms with Crippen molar-refractivity contribution < 1.29 is 22.5 Å². The number of fused-ring (bicyclic) bond motifs is 1. The maximum absolute atomic E-state index is 14.7. The number of halogens is 3. The van der Waals surface area contributed by atoms with Crippen LogP contribution in [0.5, 0.6) is 5.75 Å². The van der Waals surface area contributed by atoms with Crippen LogP contribution >= 0.6 is 22.9 Å². The molecule has 3 aromatic carbocycles. The van der Waals surface area contributed by atoms with E-state index < -0.39 is 22.4 Å². The molecule has 0 bridgehead atoms. The van der Waals surface area contributed by atoms with Gasteiger partial charge in [-0.25, -0.2) is 8.78 Å². The molecule has 4 nitrogen and oxygen atoms in total. The Labute approximate surface area is 250 Å². The summed E-state index contributed by atoms with van der Waals surface area (Å²) in [5.74, 6) is -0.326. The molecular weight excluding hydrogens is 584 g/mol. The number of nitrogens with zero attached hydrogens (tertiary/aromatic N) is 1. The lowest BCUT2D eigenvalue weighted by Gasteiger charge is -2.37. The zero-order valence-corrected chi connectivity index (χ0v) is 25.6. The van der Waals surface area contributed by atoms with Crippen LogP contribution in [0.15, 0.2) is 59.5 Å². The molecule has 41 heavy (non-hydrogen) atoms. The molecule has 1 aliphatic rings. The number of benzene rings is 3. The van der Waals surface area contributed by atoms with Gasteiger partial charge in [0.1, 0.15) is 22.3 Å². The van der Waals surface area contributed by atoms with E-state index in [-0.39, 0.29) is 38.5 Å². The molecule has 0 saturated heterocycles. The van der Waals surface area contributed by atoms with Crippen molar-refractivity contribution in [3.05, 3.63) is 81.7 Å². The van der Waals surface area contributed by atoms with Crippen LogP contribution in [-0.2, 0) is 17.3 Å². The molecule has 1 saturated carbocycles. The number of rotatable bonds is 8. The first-order valence-electron chi connectivity index (χ1n) is 13.7. The average molecular weight is 616 g/mol. The van der Waals surface area contributed by atoms with E-state index in [1.807, 2.05) is 47.4 Å². The third-order valence-corrected chi connectivity index (χ3v) is 10.7. The van der Waals surface area contributed by atoms with Crippen LogP contribution in [0.3, 0.4) is 0 Å². The van der Waals surface area contributed by atoms with Gasteiger partial charge in [-0.15, -0.1) is 11.3 Å². The molecule has 0 aliphatic heterocycles. The van der Waals surface area contributed by atoms with Gasteiger partial charge in [-0.3, -0.25) is 9.00 Å². The number of thiophene rings is 1. The SMILES string of the molecule is CCC1CCC(N(Cc2cc(-c3ccc(S(C)=O)cc3)ccc2OC)C(=O)c2sc3c(F)ccc(F)c3c2Cl)CC1. The lowest BCUT2D eigenvalue weighted by molar-refractivity contribution is 0.0591. The molecule has 1 atom stereocenters. The van der Waals surface area contributed by atoms with E-state index in [2.05, 4.69) is 6.92 Å². The first-order valence-corrected chi connectivity index (χ1v) is 16.4. The highest BCUT2D eigenvalue weighted by Gasteiger charge is 2.33. The van der Waals surface area contributed by atoms with Gasteiger partial charge in [0.05, 0.1) is 22.2 Å². The largest absolute Gasteiger partial charge is 0.496 e. The summed E-state index contributed by atoms with van der Waals surface area (Å²) in [7, 11) is 0.521. The van der Waals surface area contributed by atoms with E-state index in [9.17, 15) is 17.8 Å². The van der Waals surface area contributed by atoms with Gasteiger partial charge in [0.25, 0.3) is 5.91 Å². The van der Waals surface area contributed by atoms with Crippen LogP contribution < -0.4 is 4.74 Å². The normalized spacial score (nSPS) is 17.9. The molecule has 1 fully saturated rings. The predicted octanol–water partition coefficient (Wildman–Crippen LogP) is 8.86. The number of hydrogen-bond donors (Lipinski definition) is 0. The Balaban J connectivity index is 1.54. The summed E-state index contributed by atoms with van der Waals surface area (Å²) < 4.78 is 46.9. The van der Waals surface area contributed by atoms with Crippen LogP contribution in [0.2, 0.25) is 5.02 Å². The molecule has 1 amide bonds. The standard InChI is InChI=1S/C32H32ClF2NO3S2/c1-4-19-5-10-23(11-6-19)36(32(37)31-29(33)28-25(34)14-15-26(35)30(28)40-31)18-22-17-21(9-16-27(22)39-2)20-7-12-24(13-8-20)41(3)38/h7-9,12-17,19,23H,4-6,10-11,18H2,1-3H3. The summed E-state index contributed by atoms with van der Waals surface area (Å²) in [6.07, 6.45) is 6.45. The van der Waals surface area contributed by atoms with Gasteiger partial charge in [0.15, 0.2) is 0 Å². The van der Waals surface area contributed by atoms with Gasteiger partial charge in [0, 0.05) is 40.1 Å². The molecule has 4 aromatic rings. The van der Waals surface area contributed by atoms with Gasteiger partial charge in [0.2, 0.25) is 0 Å². The molecule has 1 aromatic heterocycles. The predicted molar refractivity (Wildman–Crippen MR) is 163 cm³/mol. The van der Waals surface area contributed by atoms with Crippen molar-refractivity contribution in [3.63, 3.8) is 0 Å². The van der Waals surface area contributed by atoms with Crippen molar-refractivity contribution in [2.24, 2.45) is 5.92 Å². The first-order chi connectivity index (χ1) is 19.7. The zero-order chi connectivity index (χ0) is 29.3. The van der Waals surface area contributed by atoms with Crippen LogP contribution in [0.4, 0.5) is 8.78 Å². The van der Waals surface area contributed by atoms with E-state index in [4.69, 9.17) is 16.3 Å². The van der Waals surface area contributed by atoms with Crippen molar-refractivity contribution in [2.75, 3.05) is 13.4 Å². The fourth-order valence-electron chi connectivity index (χ4n) is 5.70. The summed E-state index contributed by atoms with van der Waals surface area (Å²) in [5.41, 5.74) is 2.69. The molecular formula is C32H32ClF2NO3S2. The first kappa shape index (κ1) is 29.7. The monoisotopic (exact) mass is 615 g/mol. The van der Waals surface area contributed by atoms with Crippen molar-refractivity contribution in [1.29, 1.82) is 0 Å². The Morgan fingerprint density at radius 2 is 1.68 bits per heavy atom. The van der Waals surface area contributed by atoms with E-state index in [0.29, 0.717) is 11.7 Å². The molecule has 1 aliphatic carbocycles. The smallest absolute Gasteiger partial charge is 0.266 e. The fourth-order valence-corrected chi connectivity index (χ4v) is 7.73. The molecule has 1 heterocycles. The minimum absolute atomic E-state index is 0.0454. The van der Waals surface area contributed by atoms with Gasteiger partial charge in [-0.05, 0) is 79.1 Å². The molecule has 0 N–H and O–H groups in total. The number of methoxy groups -OCH3 is 1. The molecule has 0 radical (unpaired) electrons. The molecule has 1 unspecified atom stereocenters. The highest BCUT2D eigenvalue weighted by molar-refractivity contribution is 7.84. The quantitative estimate of drug-likeness (QED) is 0.199. The number of carbonyl (C=O) groups excluding carboxylic acids is 1. The van der Waals surface area contributed by atoms with Crippen LogP contribution in [0.1, 0.15) is 54.3 Å². The highest BCUT2D eigenvalue weighted by atomic mass is 35.5. The number of amides is 1. The average Bonchev–Trinajstić information content (AvgIpc) is 3.35. The van der Waals surface area contributed by atoms with E-state index >= 15 is 0 Å². The number of ether oxygens (including phenoxy) is 1. The third-order valence-electron chi connectivity index (χ3n) is 8.11. The van der Waals surface area contributed by atoms with Crippen molar-refractivity contribution in [3.8, 4) is 16.9 Å². The molecule has 5 rings (SSSR count). The summed E-state index contributed by atoms with van der Waals surface area (Å²) in [4.78, 5) is 16.9. The van der Waals surface area contributed by atoms with Gasteiger partial charge >= 0.3 is 0 Å². The Hall–Kier alpha value is -2.81. The summed E-state index contributed by atoms with van der Waals surface area (Å²) in [5, 5.41) is -0.0981. The van der Waals surface area contributed by atoms with E-state index in [1.54, 1.807) is 13.4 Å². The van der Waals surface area contributed by atoms with Crippen molar-refractivity contribution in [2.45, 2.75) is 56.5 Å². The van der Waals surface area contributed by atoms with Crippen molar-refractivity contribution in [1.82, 2.24) is 4.90 Å². The summed E-state index contributed by atoms with van der Waals surface area (Å²) >= 11 is 7.47. The van der Waals surface area contributed by atoms with Crippen LogP contribution in [0, 0.1) is 17.6 Å². The molecule has 9 heteroatoms. The lowest BCUT2D eigenvalue weighted by Crippen LogP contribution is -2.41. The Kier molecular flexibility index (Phi) is 9.12. The van der Waals surface area contributed by atoms with Crippen LogP contribution in [-0.4, -0.2) is 34.4 Å². The van der Waals surface area contributed by atoms with Crippen molar-refractivity contribution >= 4 is 49.7 Å². The van der Waals surface area contributed by atoms with Gasteiger partial charge in [-0.2, -0.15) is 0 Å². The van der Waals surface area contributed by atoms with Gasteiger partial charge in [-0.1, -0.05) is 43.1 Å². The maximum atomic E-state index is 14.7. The lowest BCUT2D eigenvalue weighted by atomic mass is 9.83. The molecule has 0 spiro atoms. The van der Waals surface area contributed by atoms with Gasteiger partial charge < -0.3 is 9.64 Å². The van der Waals surface area contributed by atoms with E-state index in [1.165, 1.54) is 0 Å². The summed E-state index contributed by atoms with van der Waals surface area (Å²) in [6, 6.07) is 15.4. The Bertz CT molecular complexity index is 1600. The second-order valence-corrected chi connectivity index (χ2v) is 13.3. The second kappa shape index (κ2) is 12.6. The maximum Gasteiger partial charge on any atom is 0.266 e. The Morgan fingerprint density at radius 1 is 1.02 bits per heavy atom. The third kappa shape index (κ3) is 6.06. The minimum atomic E-state index is -1.07. The number of hydrogen-bond acceptors (Lipinski definition) is 4. The van der Waals surface area contributed by atoms with Crippen LogP contribution in [0.25, 0.3) is 21.2 Å². The molecule has 216 valence electrons. The minimum Gasteiger partial charge on any atom is -0.496 e. The van der Waals surface area contributed by atoms with E-state index in [0.717, 1.165) is 77.2 Å². The second-order valence-electron chi connectivity index (χ2n) is 10.5. The summed E-state index contributed by atoms with van der Waals surface area (Å²) in [6.45, 7) is 2.44. The zero-order valence-electron chi connectivity index (χ0n) is 23.2. The highest BCUT2D eigenvalue weighted by Crippen LogP contribution is 2.41. The number of carbonyl (C=O) groups is 1. The topological polar surface area (TPSA) is 46.6 Å². The fraction of sp³-hybridized carbons (Fsp3) is 0.344. The Morgan fingerprint density at radius 3 is 2.29 bits per heavy atom.